The first kappa shape index (κ1) is 13.6. The van der Waals surface area contributed by atoms with Crippen LogP contribution in [0.1, 0.15) is 45.6 Å². The highest BCUT2D eigenvalue weighted by Gasteiger charge is 2.42. The van der Waals surface area contributed by atoms with Crippen molar-refractivity contribution < 1.29 is 4.79 Å². The van der Waals surface area contributed by atoms with Crippen molar-refractivity contribution in [1.82, 2.24) is 5.32 Å². The maximum atomic E-state index is 12.3. The number of fused-ring (bicyclic) bond motifs is 2. The lowest BCUT2D eigenvalue weighted by Gasteiger charge is -2.21. The van der Waals surface area contributed by atoms with Gasteiger partial charge in [0.1, 0.15) is 0 Å². The monoisotopic (exact) mass is 272 g/mol. The van der Waals surface area contributed by atoms with Crippen molar-refractivity contribution in [3.8, 4) is 0 Å². The summed E-state index contributed by atoms with van der Waals surface area (Å²) in [5, 5.41) is 6.58. The quantitative estimate of drug-likeness (QED) is 0.868. The predicted octanol–water partition coefficient (Wildman–Crippen LogP) is 3.06. The number of hydrogen-bond donors (Lipinski definition) is 2. The zero-order valence-corrected chi connectivity index (χ0v) is 12.6. The van der Waals surface area contributed by atoms with Gasteiger partial charge in [0.05, 0.1) is 5.92 Å². The number of anilines is 1. The van der Waals surface area contributed by atoms with Gasteiger partial charge >= 0.3 is 0 Å². The second kappa shape index (κ2) is 4.88. The van der Waals surface area contributed by atoms with Crippen LogP contribution in [0.5, 0.6) is 0 Å². The van der Waals surface area contributed by atoms with E-state index in [9.17, 15) is 4.79 Å². The summed E-state index contributed by atoms with van der Waals surface area (Å²) in [5.74, 6) is 0.323. The Hall–Kier alpha value is -1.35. The fraction of sp³-hybridized carbons (Fsp3) is 0.588. The molecule has 0 saturated carbocycles. The molecule has 0 aromatic heterocycles. The Bertz CT molecular complexity index is 501. The standard InChI is InChI=1S/C17H24N2O/c1-17(2,3)11-4-6-12(7-5-11)19-16(20)14-10-13-8-9-15(14)18-13/h4-7,13-15,18H,8-10H2,1-3H3,(H,19,20). The van der Waals surface area contributed by atoms with E-state index in [0.29, 0.717) is 12.1 Å². The minimum atomic E-state index is 0.149. The summed E-state index contributed by atoms with van der Waals surface area (Å²) in [4.78, 5) is 12.3. The number of benzene rings is 1. The Morgan fingerprint density at radius 1 is 1.20 bits per heavy atom. The van der Waals surface area contributed by atoms with Crippen LogP contribution in [0.25, 0.3) is 0 Å². The van der Waals surface area contributed by atoms with E-state index in [1.807, 2.05) is 12.1 Å². The van der Waals surface area contributed by atoms with Crippen molar-refractivity contribution in [2.75, 3.05) is 5.32 Å². The Balaban J connectivity index is 1.64. The van der Waals surface area contributed by atoms with Gasteiger partial charge in [0.15, 0.2) is 0 Å². The molecule has 108 valence electrons. The van der Waals surface area contributed by atoms with Gasteiger partial charge in [-0.1, -0.05) is 32.9 Å². The van der Waals surface area contributed by atoms with E-state index >= 15 is 0 Å². The van der Waals surface area contributed by atoms with Crippen LogP contribution in [0, 0.1) is 5.92 Å². The van der Waals surface area contributed by atoms with E-state index in [1.165, 1.54) is 12.0 Å². The van der Waals surface area contributed by atoms with Crippen LogP contribution in [-0.2, 0) is 10.2 Å². The first-order valence-corrected chi connectivity index (χ1v) is 7.61. The van der Waals surface area contributed by atoms with Crippen LogP contribution >= 0.6 is 0 Å². The number of carbonyl (C=O) groups is 1. The molecule has 2 bridgehead atoms. The first-order valence-electron chi connectivity index (χ1n) is 7.61. The lowest BCUT2D eigenvalue weighted by atomic mass is 9.87. The molecule has 0 radical (unpaired) electrons. The Morgan fingerprint density at radius 3 is 2.40 bits per heavy atom. The number of amides is 1. The van der Waals surface area contributed by atoms with Gasteiger partial charge in [-0.2, -0.15) is 0 Å². The van der Waals surface area contributed by atoms with Crippen molar-refractivity contribution in [3.63, 3.8) is 0 Å². The van der Waals surface area contributed by atoms with Gasteiger partial charge in [-0.25, -0.2) is 0 Å². The van der Waals surface area contributed by atoms with E-state index in [0.717, 1.165) is 18.5 Å². The van der Waals surface area contributed by atoms with Gasteiger partial charge < -0.3 is 10.6 Å². The molecule has 3 heteroatoms. The molecule has 2 N–H and O–H groups in total. The van der Waals surface area contributed by atoms with Crippen molar-refractivity contribution in [2.45, 2.75) is 57.5 Å². The average Bonchev–Trinajstić information content (AvgIpc) is 3.00. The molecule has 3 nitrogen and oxygen atoms in total. The van der Waals surface area contributed by atoms with Crippen molar-refractivity contribution >= 4 is 11.6 Å². The molecule has 0 spiro atoms. The topological polar surface area (TPSA) is 41.1 Å². The van der Waals surface area contributed by atoms with E-state index < -0.39 is 0 Å². The molecule has 3 rings (SSSR count). The van der Waals surface area contributed by atoms with E-state index in [1.54, 1.807) is 0 Å². The van der Waals surface area contributed by atoms with Gasteiger partial charge in [-0.3, -0.25) is 4.79 Å². The molecule has 20 heavy (non-hydrogen) atoms. The Morgan fingerprint density at radius 2 is 1.90 bits per heavy atom. The highest BCUT2D eigenvalue weighted by molar-refractivity contribution is 5.93. The number of carbonyl (C=O) groups excluding carboxylic acids is 1. The van der Waals surface area contributed by atoms with Gasteiger partial charge in [-0.05, 0) is 42.4 Å². The van der Waals surface area contributed by atoms with Gasteiger partial charge in [-0.15, -0.1) is 0 Å². The number of rotatable bonds is 2. The third-order valence-corrected chi connectivity index (χ3v) is 4.66. The molecule has 1 aromatic carbocycles. The highest BCUT2D eigenvalue weighted by Crippen LogP contribution is 2.34. The maximum Gasteiger partial charge on any atom is 0.229 e. The average molecular weight is 272 g/mol. The molecular formula is C17H24N2O. The molecule has 1 aromatic rings. The molecule has 3 unspecified atom stereocenters. The molecule has 3 atom stereocenters. The molecular weight excluding hydrogens is 248 g/mol. The summed E-state index contributed by atoms with van der Waals surface area (Å²) in [5.41, 5.74) is 2.35. The first-order chi connectivity index (χ1) is 9.43. The summed E-state index contributed by atoms with van der Waals surface area (Å²) in [6.45, 7) is 6.59. The number of nitrogens with one attached hydrogen (secondary N) is 2. The lowest BCUT2D eigenvalue weighted by Crippen LogP contribution is -2.32. The fourth-order valence-corrected chi connectivity index (χ4v) is 3.40. The van der Waals surface area contributed by atoms with Crippen LogP contribution in [0.3, 0.4) is 0 Å². The molecule has 2 aliphatic heterocycles. The minimum Gasteiger partial charge on any atom is -0.326 e. The van der Waals surface area contributed by atoms with Crippen LogP contribution in [-0.4, -0.2) is 18.0 Å². The lowest BCUT2D eigenvalue weighted by molar-refractivity contribution is -0.120. The number of hydrogen-bond acceptors (Lipinski definition) is 2. The van der Waals surface area contributed by atoms with Crippen LogP contribution in [0.4, 0.5) is 5.69 Å². The Kier molecular flexibility index (Phi) is 3.33. The van der Waals surface area contributed by atoms with Crippen LogP contribution in [0.2, 0.25) is 0 Å². The minimum absolute atomic E-state index is 0.149. The third kappa shape index (κ3) is 2.59. The van der Waals surface area contributed by atoms with Gasteiger partial charge in [0.25, 0.3) is 0 Å². The second-order valence-corrected chi connectivity index (χ2v) is 7.21. The van der Waals surface area contributed by atoms with Crippen LogP contribution < -0.4 is 10.6 Å². The second-order valence-electron chi connectivity index (χ2n) is 7.21. The van der Waals surface area contributed by atoms with Crippen molar-refractivity contribution in [3.05, 3.63) is 29.8 Å². The Labute approximate surface area is 121 Å². The van der Waals surface area contributed by atoms with Gasteiger partial charge in [0, 0.05) is 17.8 Å². The molecule has 2 aliphatic rings. The summed E-state index contributed by atoms with van der Waals surface area (Å²) in [6, 6.07) is 9.20. The summed E-state index contributed by atoms with van der Waals surface area (Å²) >= 11 is 0. The third-order valence-electron chi connectivity index (χ3n) is 4.66. The molecule has 2 saturated heterocycles. The van der Waals surface area contributed by atoms with Crippen molar-refractivity contribution in [2.24, 2.45) is 5.92 Å². The zero-order valence-electron chi connectivity index (χ0n) is 12.6. The van der Waals surface area contributed by atoms with E-state index in [4.69, 9.17) is 0 Å². The molecule has 2 heterocycles. The SMILES string of the molecule is CC(C)(C)c1ccc(NC(=O)C2CC3CCC2N3)cc1. The summed E-state index contributed by atoms with van der Waals surface area (Å²) < 4.78 is 0. The predicted molar refractivity (Wildman–Crippen MR) is 81.8 cm³/mol. The van der Waals surface area contributed by atoms with Crippen molar-refractivity contribution in [1.29, 1.82) is 0 Å². The molecule has 2 fully saturated rings. The normalized spacial score (nSPS) is 28.6. The summed E-state index contributed by atoms with van der Waals surface area (Å²) in [7, 11) is 0. The molecule has 1 amide bonds. The smallest absolute Gasteiger partial charge is 0.229 e. The van der Waals surface area contributed by atoms with E-state index in [-0.39, 0.29) is 17.2 Å². The highest BCUT2D eigenvalue weighted by atomic mass is 16.2. The maximum absolute atomic E-state index is 12.3. The zero-order chi connectivity index (χ0) is 14.3. The summed E-state index contributed by atoms with van der Waals surface area (Å²) in [6.07, 6.45) is 3.37. The van der Waals surface area contributed by atoms with E-state index in [2.05, 4.69) is 43.5 Å². The fourth-order valence-electron chi connectivity index (χ4n) is 3.40. The largest absolute Gasteiger partial charge is 0.326 e. The van der Waals surface area contributed by atoms with Gasteiger partial charge in [0.2, 0.25) is 5.91 Å². The van der Waals surface area contributed by atoms with Crippen LogP contribution in [0.15, 0.2) is 24.3 Å². The molecule has 0 aliphatic carbocycles.